The average Bonchev–Trinajstić information content (AvgIpc) is 2.52. The van der Waals surface area contributed by atoms with Crippen molar-refractivity contribution in [3.63, 3.8) is 0 Å². The third-order valence-corrected chi connectivity index (χ3v) is 4.77. The predicted molar refractivity (Wildman–Crippen MR) is 70.9 cm³/mol. The van der Waals surface area contributed by atoms with E-state index in [-0.39, 0.29) is 0 Å². The minimum absolute atomic E-state index is 0.451. The molecule has 3 rings (SSSR count). The van der Waals surface area contributed by atoms with Crippen molar-refractivity contribution in [2.45, 2.75) is 18.3 Å². The maximum Gasteiger partial charge on any atom is 0.167 e. The van der Waals surface area contributed by atoms with Crippen LogP contribution >= 0.6 is 27.7 Å². The number of ether oxygens (including phenoxy) is 2. The third kappa shape index (κ3) is 2.04. The van der Waals surface area contributed by atoms with Crippen molar-refractivity contribution in [2.75, 3.05) is 19.0 Å². The van der Waals surface area contributed by atoms with Gasteiger partial charge in [0.1, 0.15) is 13.2 Å². The Morgan fingerprint density at radius 1 is 1.35 bits per heavy atom. The quantitative estimate of drug-likeness (QED) is 0.798. The normalized spacial score (nSPS) is 22.8. The Kier molecular flexibility index (Phi) is 3.23. The summed E-state index contributed by atoms with van der Waals surface area (Å²) >= 11 is 5.40. The second-order valence-corrected chi connectivity index (χ2v) is 6.09. The fourth-order valence-electron chi connectivity index (χ4n) is 2.23. The molecule has 0 saturated carbocycles. The molecule has 17 heavy (non-hydrogen) atoms. The van der Waals surface area contributed by atoms with Crippen LogP contribution in [0.5, 0.6) is 11.5 Å². The fraction of sp³-hybridized carbons (Fsp3) is 0.500. The molecular weight excluding hydrogens is 304 g/mol. The topological polar surface area (TPSA) is 38.7 Å². The highest BCUT2D eigenvalue weighted by atomic mass is 79.9. The van der Waals surface area contributed by atoms with Gasteiger partial charge in [-0.2, -0.15) is 11.8 Å². The minimum atomic E-state index is -0.451. The van der Waals surface area contributed by atoms with Gasteiger partial charge in [0.05, 0.1) is 6.10 Å². The van der Waals surface area contributed by atoms with Crippen LogP contribution in [-0.4, -0.2) is 24.1 Å². The lowest BCUT2D eigenvalue weighted by atomic mass is 9.99. The van der Waals surface area contributed by atoms with E-state index in [1.54, 1.807) is 0 Å². The maximum atomic E-state index is 10.3. The van der Waals surface area contributed by atoms with Crippen molar-refractivity contribution in [3.05, 3.63) is 21.7 Å². The standard InChI is InChI=1S/C12H13BrO3S/c13-8-5-10-12(16-3-2-15-10)11-7(8)6-17-4-1-9(11)14/h5,9,14H,1-4,6H2/t9-/m1/s1. The van der Waals surface area contributed by atoms with Crippen LogP contribution in [0.15, 0.2) is 10.5 Å². The Morgan fingerprint density at radius 2 is 2.18 bits per heavy atom. The van der Waals surface area contributed by atoms with E-state index in [4.69, 9.17) is 9.47 Å². The van der Waals surface area contributed by atoms with Crippen LogP contribution in [0.25, 0.3) is 0 Å². The molecule has 2 aliphatic rings. The Morgan fingerprint density at radius 3 is 3.06 bits per heavy atom. The lowest BCUT2D eigenvalue weighted by Crippen LogP contribution is -2.18. The van der Waals surface area contributed by atoms with Gasteiger partial charge >= 0.3 is 0 Å². The van der Waals surface area contributed by atoms with E-state index in [9.17, 15) is 5.11 Å². The van der Waals surface area contributed by atoms with E-state index in [0.29, 0.717) is 13.2 Å². The molecule has 0 spiro atoms. The third-order valence-electron chi connectivity index (χ3n) is 3.04. The molecule has 2 aliphatic heterocycles. The van der Waals surface area contributed by atoms with Crippen LogP contribution < -0.4 is 9.47 Å². The molecule has 0 amide bonds. The second-order valence-electron chi connectivity index (χ2n) is 4.13. The van der Waals surface area contributed by atoms with Gasteiger partial charge in [-0.3, -0.25) is 0 Å². The first-order valence-electron chi connectivity index (χ1n) is 5.64. The Labute approximate surface area is 113 Å². The number of aliphatic hydroxyl groups is 1. The molecular formula is C12H13BrO3S. The molecule has 0 aliphatic carbocycles. The molecule has 2 heterocycles. The van der Waals surface area contributed by atoms with Crippen LogP contribution in [0, 0.1) is 0 Å². The van der Waals surface area contributed by atoms with Gasteiger partial charge in [-0.1, -0.05) is 15.9 Å². The first-order chi connectivity index (χ1) is 8.27. The van der Waals surface area contributed by atoms with Crippen molar-refractivity contribution in [3.8, 4) is 11.5 Å². The molecule has 0 unspecified atom stereocenters. The zero-order valence-corrected chi connectivity index (χ0v) is 11.6. The molecule has 1 aromatic carbocycles. The molecule has 1 atom stereocenters. The Hall–Kier alpha value is -0.390. The lowest BCUT2D eigenvalue weighted by Gasteiger charge is -2.25. The molecule has 5 heteroatoms. The SMILES string of the molecule is O[C@@H]1CCSCc2c(Br)cc3c(c21)OCCO3. The van der Waals surface area contributed by atoms with E-state index in [1.807, 2.05) is 17.8 Å². The summed E-state index contributed by atoms with van der Waals surface area (Å²) in [5.41, 5.74) is 2.06. The number of rotatable bonds is 0. The largest absolute Gasteiger partial charge is 0.486 e. The van der Waals surface area contributed by atoms with Gasteiger partial charge in [0.2, 0.25) is 0 Å². The van der Waals surface area contributed by atoms with Crippen LogP contribution in [-0.2, 0) is 5.75 Å². The number of hydrogen-bond donors (Lipinski definition) is 1. The summed E-state index contributed by atoms with van der Waals surface area (Å²) in [5, 5.41) is 10.3. The zero-order chi connectivity index (χ0) is 11.8. The van der Waals surface area contributed by atoms with E-state index in [0.717, 1.165) is 45.0 Å². The van der Waals surface area contributed by atoms with Crippen molar-refractivity contribution >= 4 is 27.7 Å². The molecule has 0 fully saturated rings. The number of benzene rings is 1. The second kappa shape index (κ2) is 4.71. The average molecular weight is 317 g/mol. The van der Waals surface area contributed by atoms with Crippen LogP contribution in [0.2, 0.25) is 0 Å². The molecule has 3 nitrogen and oxygen atoms in total. The predicted octanol–water partition coefficient (Wildman–Crippen LogP) is 2.89. The van der Waals surface area contributed by atoms with Crippen molar-refractivity contribution in [2.24, 2.45) is 0 Å². The monoisotopic (exact) mass is 316 g/mol. The van der Waals surface area contributed by atoms with E-state index in [1.165, 1.54) is 0 Å². The van der Waals surface area contributed by atoms with Gasteiger partial charge in [-0.25, -0.2) is 0 Å². The molecule has 0 aromatic heterocycles. The summed E-state index contributed by atoms with van der Waals surface area (Å²) < 4.78 is 12.3. The summed E-state index contributed by atoms with van der Waals surface area (Å²) in [6, 6.07) is 1.95. The van der Waals surface area contributed by atoms with Gasteiger partial charge in [0.15, 0.2) is 11.5 Å². The van der Waals surface area contributed by atoms with Crippen LogP contribution in [0.1, 0.15) is 23.7 Å². The molecule has 1 aromatic rings. The smallest absolute Gasteiger partial charge is 0.167 e. The molecule has 0 radical (unpaired) electrons. The van der Waals surface area contributed by atoms with Gasteiger partial charge < -0.3 is 14.6 Å². The fourth-order valence-corrected chi connectivity index (χ4v) is 4.03. The van der Waals surface area contributed by atoms with Gasteiger partial charge in [-0.15, -0.1) is 0 Å². The highest BCUT2D eigenvalue weighted by Gasteiger charge is 2.28. The van der Waals surface area contributed by atoms with Crippen molar-refractivity contribution in [1.29, 1.82) is 0 Å². The Balaban J connectivity index is 2.19. The van der Waals surface area contributed by atoms with Crippen LogP contribution in [0.4, 0.5) is 0 Å². The van der Waals surface area contributed by atoms with Gasteiger partial charge in [-0.05, 0) is 23.8 Å². The summed E-state index contributed by atoms with van der Waals surface area (Å²) in [6.45, 7) is 1.13. The number of thioether (sulfide) groups is 1. The number of hydrogen-bond acceptors (Lipinski definition) is 4. The highest BCUT2D eigenvalue weighted by molar-refractivity contribution is 9.10. The van der Waals surface area contributed by atoms with Gasteiger partial charge in [0, 0.05) is 15.8 Å². The van der Waals surface area contributed by atoms with E-state index >= 15 is 0 Å². The first kappa shape index (κ1) is 11.7. The number of halogens is 1. The highest BCUT2D eigenvalue weighted by Crippen LogP contribution is 2.46. The minimum Gasteiger partial charge on any atom is -0.486 e. The number of fused-ring (bicyclic) bond motifs is 3. The summed E-state index contributed by atoms with van der Waals surface area (Å²) in [5.74, 6) is 3.36. The summed E-state index contributed by atoms with van der Waals surface area (Å²) in [6.07, 6.45) is 0.317. The number of aliphatic hydroxyl groups excluding tert-OH is 1. The Bertz CT molecular complexity index is 450. The summed E-state index contributed by atoms with van der Waals surface area (Å²) in [4.78, 5) is 0. The molecule has 0 bridgehead atoms. The van der Waals surface area contributed by atoms with Crippen LogP contribution in [0.3, 0.4) is 0 Å². The molecule has 1 N–H and O–H groups in total. The van der Waals surface area contributed by atoms with Gasteiger partial charge in [0.25, 0.3) is 0 Å². The lowest BCUT2D eigenvalue weighted by molar-refractivity contribution is 0.144. The zero-order valence-electron chi connectivity index (χ0n) is 9.24. The summed E-state index contributed by atoms with van der Waals surface area (Å²) in [7, 11) is 0. The van der Waals surface area contributed by atoms with Crippen molar-refractivity contribution < 1.29 is 14.6 Å². The molecule has 92 valence electrons. The van der Waals surface area contributed by atoms with Crippen molar-refractivity contribution in [1.82, 2.24) is 0 Å². The molecule has 0 saturated heterocycles. The maximum absolute atomic E-state index is 10.3. The van der Waals surface area contributed by atoms with E-state index < -0.39 is 6.10 Å². The van der Waals surface area contributed by atoms with E-state index in [2.05, 4.69) is 15.9 Å². The first-order valence-corrected chi connectivity index (χ1v) is 7.59.